The summed E-state index contributed by atoms with van der Waals surface area (Å²) in [6.07, 6.45) is 2.77. The molecular formula is C8H16N4O. The molecule has 1 amide bonds. The van der Waals surface area contributed by atoms with Gasteiger partial charge in [-0.1, -0.05) is 0 Å². The fourth-order valence-electron chi connectivity index (χ4n) is 1.13. The van der Waals surface area contributed by atoms with Gasteiger partial charge in [0.05, 0.1) is 6.54 Å². The van der Waals surface area contributed by atoms with Crippen molar-refractivity contribution >= 4 is 12.4 Å². The Hall–Kier alpha value is -1.26. The second-order valence-electron chi connectivity index (χ2n) is 2.86. The van der Waals surface area contributed by atoms with E-state index in [2.05, 4.69) is 20.9 Å². The minimum absolute atomic E-state index is 0.732. The molecule has 1 heterocycles. The molecule has 0 unspecified atom stereocenters. The van der Waals surface area contributed by atoms with Crippen LogP contribution in [0, 0.1) is 0 Å². The first-order valence-corrected chi connectivity index (χ1v) is 4.62. The van der Waals surface area contributed by atoms with Crippen LogP contribution >= 0.6 is 0 Å². The Balaban J connectivity index is 1.86. The Morgan fingerprint density at radius 3 is 3.00 bits per heavy atom. The molecule has 0 radical (unpaired) electrons. The predicted molar refractivity (Wildman–Crippen MR) is 51.6 cm³/mol. The fraction of sp³-hybridized carbons (Fsp3) is 0.750. The number of hydrogen-bond acceptors (Lipinski definition) is 4. The van der Waals surface area contributed by atoms with E-state index in [1.807, 2.05) is 0 Å². The molecule has 0 aliphatic carbocycles. The number of amides is 1. The molecule has 5 nitrogen and oxygen atoms in total. The van der Waals surface area contributed by atoms with Crippen molar-refractivity contribution in [1.29, 1.82) is 0 Å². The van der Waals surface area contributed by atoms with Crippen molar-refractivity contribution in [1.82, 2.24) is 16.0 Å². The van der Waals surface area contributed by atoms with Crippen LogP contribution in [0.15, 0.2) is 4.99 Å². The first kappa shape index (κ1) is 9.83. The van der Waals surface area contributed by atoms with Gasteiger partial charge in [-0.25, -0.2) is 0 Å². The molecule has 1 rings (SSSR count). The number of carbonyl (C=O) groups is 1. The minimum Gasteiger partial charge on any atom is -0.359 e. The molecule has 74 valence electrons. The lowest BCUT2D eigenvalue weighted by atomic mass is 10.3. The van der Waals surface area contributed by atoms with Gasteiger partial charge in [0.15, 0.2) is 5.96 Å². The lowest BCUT2D eigenvalue weighted by molar-refractivity contribution is -0.109. The van der Waals surface area contributed by atoms with Gasteiger partial charge in [-0.05, 0) is 12.8 Å². The summed E-state index contributed by atoms with van der Waals surface area (Å²) in [7, 11) is 0. The van der Waals surface area contributed by atoms with Crippen LogP contribution in [-0.4, -0.2) is 38.5 Å². The number of nitrogens with one attached hydrogen (secondary N) is 3. The van der Waals surface area contributed by atoms with Crippen molar-refractivity contribution in [2.24, 2.45) is 4.99 Å². The third-order valence-corrected chi connectivity index (χ3v) is 1.80. The zero-order chi connectivity index (χ0) is 9.36. The van der Waals surface area contributed by atoms with Crippen LogP contribution in [-0.2, 0) is 4.79 Å². The standard InChI is InChI=1S/C8H16N4O/c13-7-9-3-1-2-4-10-8-11-5-6-12-8/h7H,1-6H2,(H,9,13)(H2,10,11,12). The molecule has 1 aliphatic heterocycles. The van der Waals surface area contributed by atoms with Crippen molar-refractivity contribution < 1.29 is 4.79 Å². The van der Waals surface area contributed by atoms with Crippen LogP contribution in [0.5, 0.6) is 0 Å². The second-order valence-corrected chi connectivity index (χ2v) is 2.86. The summed E-state index contributed by atoms with van der Waals surface area (Å²) in [5.74, 6) is 0.906. The van der Waals surface area contributed by atoms with E-state index < -0.39 is 0 Å². The maximum atomic E-state index is 9.89. The van der Waals surface area contributed by atoms with E-state index in [9.17, 15) is 4.79 Å². The minimum atomic E-state index is 0.732. The lowest BCUT2D eigenvalue weighted by Gasteiger charge is -2.05. The normalized spacial score (nSPS) is 14.6. The molecule has 0 bridgehead atoms. The second kappa shape index (κ2) is 6.28. The first-order chi connectivity index (χ1) is 6.43. The topological polar surface area (TPSA) is 65.5 Å². The van der Waals surface area contributed by atoms with Gasteiger partial charge in [0.2, 0.25) is 6.41 Å². The fourth-order valence-corrected chi connectivity index (χ4v) is 1.13. The predicted octanol–water partition coefficient (Wildman–Crippen LogP) is -0.939. The molecule has 1 aliphatic rings. The molecule has 5 heteroatoms. The number of nitrogens with zero attached hydrogens (tertiary/aromatic N) is 1. The average molecular weight is 184 g/mol. The number of carbonyl (C=O) groups excluding carboxylic acids is 1. The number of aliphatic imine (C=N–C) groups is 1. The molecule has 0 aromatic rings. The van der Waals surface area contributed by atoms with Crippen LogP contribution in [0.3, 0.4) is 0 Å². The van der Waals surface area contributed by atoms with Crippen molar-refractivity contribution in [3.63, 3.8) is 0 Å². The quantitative estimate of drug-likeness (QED) is 0.369. The van der Waals surface area contributed by atoms with Gasteiger partial charge in [-0.15, -0.1) is 0 Å². The average Bonchev–Trinajstić information content (AvgIpc) is 2.63. The van der Waals surface area contributed by atoms with Crippen LogP contribution < -0.4 is 16.0 Å². The third kappa shape index (κ3) is 4.35. The van der Waals surface area contributed by atoms with Crippen molar-refractivity contribution in [3.05, 3.63) is 0 Å². The molecule has 0 saturated heterocycles. The Morgan fingerprint density at radius 2 is 2.31 bits per heavy atom. The molecule has 13 heavy (non-hydrogen) atoms. The summed E-state index contributed by atoms with van der Waals surface area (Å²) in [5.41, 5.74) is 0. The molecular weight excluding hydrogens is 168 g/mol. The Labute approximate surface area is 78.0 Å². The smallest absolute Gasteiger partial charge is 0.207 e. The molecule has 0 fully saturated rings. The number of hydrogen-bond donors (Lipinski definition) is 3. The molecule has 0 saturated carbocycles. The Morgan fingerprint density at radius 1 is 1.46 bits per heavy atom. The van der Waals surface area contributed by atoms with E-state index in [0.717, 1.165) is 51.4 Å². The van der Waals surface area contributed by atoms with Gasteiger partial charge < -0.3 is 16.0 Å². The summed E-state index contributed by atoms with van der Waals surface area (Å²) in [5, 5.41) is 8.93. The van der Waals surface area contributed by atoms with Gasteiger partial charge in [-0.2, -0.15) is 0 Å². The van der Waals surface area contributed by atoms with Gasteiger partial charge in [0.25, 0.3) is 0 Å². The lowest BCUT2D eigenvalue weighted by Crippen LogP contribution is -2.34. The van der Waals surface area contributed by atoms with Crippen molar-refractivity contribution in [3.8, 4) is 0 Å². The summed E-state index contributed by atoms with van der Waals surface area (Å²) in [4.78, 5) is 14.1. The maximum Gasteiger partial charge on any atom is 0.207 e. The Bertz CT molecular complexity index is 181. The van der Waals surface area contributed by atoms with E-state index in [1.165, 1.54) is 0 Å². The highest BCUT2D eigenvalue weighted by Crippen LogP contribution is 1.86. The van der Waals surface area contributed by atoms with Crippen LogP contribution in [0.25, 0.3) is 0 Å². The maximum absolute atomic E-state index is 9.89. The molecule has 3 N–H and O–H groups in total. The highest BCUT2D eigenvalue weighted by molar-refractivity contribution is 5.81. The van der Waals surface area contributed by atoms with Gasteiger partial charge in [-0.3, -0.25) is 9.79 Å². The molecule has 0 atom stereocenters. The van der Waals surface area contributed by atoms with Gasteiger partial charge in [0, 0.05) is 19.6 Å². The van der Waals surface area contributed by atoms with Crippen LogP contribution in [0.2, 0.25) is 0 Å². The highest BCUT2D eigenvalue weighted by Gasteiger charge is 2.01. The first-order valence-electron chi connectivity index (χ1n) is 4.62. The monoisotopic (exact) mass is 184 g/mol. The highest BCUT2D eigenvalue weighted by atomic mass is 16.1. The van der Waals surface area contributed by atoms with Gasteiger partial charge in [0.1, 0.15) is 0 Å². The van der Waals surface area contributed by atoms with Gasteiger partial charge >= 0.3 is 0 Å². The third-order valence-electron chi connectivity index (χ3n) is 1.80. The van der Waals surface area contributed by atoms with E-state index >= 15 is 0 Å². The van der Waals surface area contributed by atoms with Crippen molar-refractivity contribution in [2.45, 2.75) is 12.8 Å². The Kier molecular flexibility index (Phi) is 4.74. The van der Waals surface area contributed by atoms with Crippen LogP contribution in [0.4, 0.5) is 0 Å². The number of rotatable bonds is 6. The summed E-state index contributed by atoms with van der Waals surface area (Å²) in [6, 6.07) is 0. The SMILES string of the molecule is O=CNCCCCNC1=NCCN1. The van der Waals surface area contributed by atoms with E-state index in [-0.39, 0.29) is 0 Å². The zero-order valence-electron chi connectivity index (χ0n) is 7.68. The number of guanidine groups is 1. The molecule has 0 aromatic heterocycles. The van der Waals surface area contributed by atoms with E-state index in [0.29, 0.717) is 0 Å². The van der Waals surface area contributed by atoms with Crippen LogP contribution in [0.1, 0.15) is 12.8 Å². The summed E-state index contributed by atoms with van der Waals surface area (Å²) in [6.45, 7) is 3.47. The zero-order valence-corrected chi connectivity index (χ0v) is 7.68. The summed E-state index contributed by atoms with van der Waals surface area (Å²) >= 11 is 0. The molecule has 0 spiro atoms. The van der Waals surface area contributed by atoms with E-state index in [4.69, 9.17) is 0 Å². The number of unbranched alkanes of at least 4 members (excludes halogenated alkanes) is 1. The summed E-state index contributed by atoms with van der Waals surface area (Å²) < 4.78 is 0. The largest absolute Gasteiger partial charge is 0.359 e. The van der Waals surface area contributed by atoms with E-state index in [1.54, 1.807) is 0 Å². The molecule has 0 aromatic carbocycles. The van der Waals surface area contributed by atoms with Crippen molar-refractivity contribution in [2.75, 3.05) is 26.2 Å².